The van der Waals surface area contributed by atoms with E-state index < -0.39 is 0 Å². The number of carbonyl (C=O) groups is 2. The number of pyridine rings is 1. The predicted molar refractivity (Wildman–Crippen MR) is 111 cm³/mol. The number of nitrogens with one attached hydrogen (secondary N) is 1. The third-order valence-corrected chi connectivity index (χ3v) is 4.69. The molecule has 1 heterocycles. The molecule has 0 aliphatic carbocycles. The second-order valence-corrected chi connectivity index (χ2v) is 7.08. The summed E-state index contributed by atoms with van der Waals surface area (Å²) in [6, 6.07) is 14.6. The first kappa shape index (κ1) is 19.6. The SMILES string of the molecule is CCN(CC(=O)NC(C)C)C(=O)Cn1c2ccccc2c(=O)c2ccccc21. The minimum absolute atomic E-state index is 0.0174. The lowest BCUT2D eigenvalue weighted by atomic mass is 10.1. The average molecular weight is 379 g/mol. The first-order valence-corrected chi connectivity index (χ1v) is 9.49. The van der Waals surface area contributed by atoms with Gasteiger partial charge in [-0.05, 0) is 45.0 Å². The first-order valence-electron chi connectivity index (χ1n) is 9.49. The van der Waals surface area contributed by atoms with Crippen molar-refractivity contribution in [1.82, 2.24) is 14.8 Å². The number of aromatic nitrogens is 1. The number of benzene rings is 2. The van der Waals surface area contributed by atoms with E-state index in [1.54, 1.807) is 12.1 Å². The molecule has 0 aliphatic rings. The highest BCUT2D eigenvalue weighted by Gasteiger charge is 2.19. The molecule has 0 saturated heterocycles. The Morgan fingerprint density at radius 2 is 1.54 bits per heavy atom. The van der Waals surface area contributed by atoms with Gasteiger partial charge in [-0.1, -0.05) is 24.3 Å². The summed E-state index contributed by atoms with van der Waals surface area (Å²) in [6.45, 7) is 6.12. The van der Waals surface area contributed by atoms with Gasteiger partial charge >= 0.3 is 0 Å². The van der Waals surface area contributed by atoms with Crippen molar-refractivity contribution in [1.29, 1.82) is 0 Å². The molecule has 0 radical (unpaired) electrons. The van der Waals surface area contributed by atoms with Crippen molar-refractivity contribution in [3.63, 3.8) is 0 Å². The van der Waals surface area contributed by atoms with E-state index in [4.69, 9.17) is 0 Å². The molecule has 146 valence electrons. The van der Waals surface area contributed by atoms with Crippen LogP contribution in [0, 0.1) is 0 Å². The Hall–Kier alpha value is -3.15. The van der Waals surface area contributed by atoms with E-state index in [9.17, 15) is 14.4 Å². The van der Waals surface area contributed by atoms with Crippen LogP contribution >= 0.6 is 0 Å². The molecule has 1 N–H and O–H groups in total. The number of hydrogen-bond acceptors (Lipinski definition) is 3. The highest BCUT2D eigenvalue weighted by molar-refractivity contribution is 5.95. The zero-order valence-electron chi connectivity index (χ0n) is 16.4. The maximum atomic E-state index is 13.0. The van der Waals surface area contributed by atoms with Crippen LogP contribution in [-0.4, -0.2) is 40.4 Å². The smallest absolute Gasteiger partial charge is 0.242 e. The molecule has 2 aromatic carbocycles. The van der Waals surface area contributed by atoms with Gasteiger partial charge in [-0.2, -0.15) is 0 Å². The molecule has 6 nitrogen and oxygen atoms in total. The summed E-state index contributed by atoms with van der Waals surface area (Å²) in [5.41, 5.74) is 1.38. The van der Waals surface area contributed by atoms with Gasteiger partial charge in [0, 0.05) is 23.4 Å². The summed E-state index contributed by atoms with van der Waals surface area (Å²) in [5, 5.41) is 3.97. The summed E-state index contributed by atoms with van der Waals surface area (Å²) in [4.78, 5) is 39.4. The van der Waals surface area contributed by atoms with Crippen LogP contribution in [0.2, 0.25) is 0 Å². The van der Waals surface area contributed by atoms with Crippen molar-refractivity contribution in [3.8, 4) is 0 Å². The Morgan fingerprint density at radius 1 is 1.00 bits per heavy atom. The maximum absolute atomic E-state index is 13.0. The van der Waals surface area contributed by atoms with Crippen molar-refractivity contribution in [2.24, 2.45) is 0 Å². The monoisotopic (exact) mass is 379 g/mol. The van der Waals surface area contributed by atoms with Crippen LogP contribution in [-0.2, 0) is 16.1 Å². The van der Waals surface area contributed by atoms with Crippen LogP contribution in [0.15, 0.2) is 53.3 Å². The molecule has 0 unspecified atom stereocenters. The lowest BCUT2D eigenvalue weighted by Crippen LogP contribution is -2.43. The molecule has 0 aliphatic heterocycles. The van der Waals surface area contributed by atoms with Gasteiger partial charge in [0.1, 0.15) is 6.54 Å². The van der Waals surface area contributed by atoms with Gasteiger partial charge in [0.05, 0.1) is 17.6 Å². The molecule has 1 aromatic heterocycles. The maximum Gasteiger partial charge on any atom is 0.242 e. The number of rotatable bonds is 6. The first-order chi connectivity index (χ1) is 13.4. The molecule has 0 saturated carbocycles. The fraction of sp³-hybridized carbons (Fsp3) is 0.318. The second-order valence-electron chi connectivity index (χ2n) is 7.08. The van der Waals surface area contributed by atoms with E-state index in [1.165, 1.54) is 4.90 Å². The molecule has 3 aromatic rings. The van der Waals surface area contributed by atoms with Gasteiger partial charge in [0.25, 0.3) is 0 Å². The zero-order chi connectivity index (χ0) is 20.3. The van der Waals surface area contributed by atoms with Crippen LogP contribution in [0.25, 0.3) is 21.8 Å². The van der Waals surface area contributed by atoms with Crippen molar-refractivity contribution < 1.29 is 9.59 Å². The summed E-state index contributed by atoms with van der Waals surface area (Å²) in [7, 11) is 0. The number of fused-ring (bicyclic) bond motifs is 2. The Bertz CT molecular complexity index is 1030. The van der Waals surface area contributed by atoms with E-state index in [0.717, 1.165) is 0 Å². The summed E-state index contributed by atoms with van der Waals surface area (Å²) in [5.74, 6) is -0.347. The second kappa shape index (κ2) is 8.25. The normalized spacial score (nSPS) is 11.1. The molecular formula is C22H25N3O3. The molecule has 28 heavy (non-hydrogen) atoms. The fourth-order valence-corrected chi connectivity index (χ4v) is 3.40. The van der Waals surface area contributed by atoms with Gasteiger partial charge < -0.3 is 14.8 Å². The summed E-state index contributed by atoms with van der Waals surface area (Å²) in [6.07, 6.45) is 0. The van der Waals surface area contributed by atoms with Crippen LogP contribution in [0.3, 0.4) is 0 Å². The molecule has 0 bridgehead atoms. The van der Waals surface area contributed by atoms with Gasteiger partial charge in [-0.15, -0.1) is 0 Å². The van der Waals surface area contributed by atoms with E-state index in [1.807, 2.05) is 61.7 Å². The van der Waals surface area contributed by atoms with Crippen molar-refractivity contribution in [2.75, 3.05) is 13.1 Å². The molecule has 0 spiro atoms. The Labute approximate surface area is 163 Å². The number of hydrogen-bond donors (Lipinski definition) is 1. The highest BCUT2D eigenvalue weighted by atomic mass is 16.2. The predicted octanol–water partition coefficient (Wildman–Crippen LogP) is 2.53. The molecular weight excluding hydrogens is 354 g/mol. The van der Waals surface area contributed by atoms with Crippen LogP contribution in [0.5, 0.6) is 0 Å². The molecule has 2 amide bonds. The lowest BCUT2D eigenvalue weighted by molar-refractivity contribution is -0.136. The van der Waals surface area contributed by atoms with Gasteiger partial charge in [0.2, 0.25) is 11.8 Å². The van der Waals surface area contributed by atoms with Crippen molar-refractivity contribution in [3.05, 3.63) is 58.8 Å². The van der Waals surface area contributed by atoms with Gasteiger partial charge in [0.15, 0.2) is 5.43 Å². The van der Waals surface area contributed by atoms with E-state index >= 15 is 0 Å². The van der Waals surface area contributed by atoms with E-state index in [2.05, 4.69) is 5.32 Å². The van der Waals surface area contributed by atoms with E-state index in [0.29, 0.717) is 28.4 Å². The number of carbonyl (C=O) groups excluding carboxylic acids is 2. The Morgan fingerprint density at radius 3 is 2.04 bits per heavy atom. The Balaban J connectivity index is 2.00. The third kappa shape index (κ3) is 3.91. The molecule has 3 rings (SSSR count). The Kier molecular flexibility index (Phi) is 5.78. The zero-order valence-corrected chi connectivity index (χ0v) is 16.4. The van der Waals surface area contributed by atoms with Crippen LogP contribution < -0.4 is 10.7 Å². The molecule has 6 heteroatoms. The number of nitrogens with zero attached hydrogens (tertiary/aromatic N) is 2. The highest BCUT2D eigenvalue weighted by Crippen LogP contribution is 2.19. The van der Waals surface area contributed by atoms with Crippen molar-refractivity contribution in [2.45, 2.75) is 33.4 Å². The number of amides is 2. The minimum atomic E-state index is -0.181. The number of para-hydroxylation sites is 2. The average Bonchev–Trinajstić information content (AvgIpc) is 2.68. The largest absolute Gasteiger partial charge is 0.352 e. The quantitative estimate of drug-likeness (QED) is 0.669. The summed E-state index contributed by atoms with van der Waals surface area (Å²) < 4.78 is 1.86. The lowest BCUT2D eigenvalue weighted by Gasteiger charge is -2.23. The van der Waals surface area contributed by atoms with Crippen LogP contribution in [0.1, 0.15) is 20.8 Å². The molecule has 0 atom stereocenters. The number of likely N-dealkylation sites (N-methyl/N-ethyl adjacent to an activating group) is 1. The minimum Gasteiger partial charge on any atom is -0.352 e. The van der Waals surface area contributed by atoms with Crippen LogP contribution in [0.4, 0.5) is 0 Å². The third-order valence-electron chi connectivity index (χ3n) is 4.69. The standard InChI is InChI=1S/C22H25N3O3/c1-4-24(13-20(26)23-15(2)3)21(27)14-25-18-11-7-5-9-16(18)22(28)17-10-6-8-12-19(17)25/h5-12,15H,4,13-14H2,1-3H3,(H,23,26). The van der Waals surface area contributed by atoms with E-state index in [-0.39, 0.29) is 36.4 Å². The summed E-state index contributed by atoms with van der Waals surface area (Å²) >= 11 is 0. The van der Waals surface area contributed by atoms with Gasteiger partial charge in [-0.3, -0.25) is 14.4 Å². The fourth-order valence-electron chi connectivity index (χ4n) is 3.40. The topological polar surface area (TPSA) is 71.4 Å². The van der Waals surface area contributed by atoms with Gasteiger partial charge in [-0.25, -0.2) is 0 Å². The molecule has 0 fully saturated rings. The van der Waals surface area contributed by atoms with Crippen molar-refractivity contribution >= 4 is 33.6 Å².